The summed E-state index contributed by atoms with van der Waals surface area (Å²) in [4.78, 5) is 0. The Kier molecular flexibility index (Phi) is 2.71. The van der Waals surface area contributed by atoms with Crippen molar-refractivity contribution >= 4 is 17.8 Å². The van der Waals surface area contributed by atoms with Gasteiger partial charge in [-0.3, -0.25) is 0 Å². The lowest BCUT2D eigenvalue weighted by molar-refractivity contribution is 0.798. The predicted molar refractivity (Wildman–Crippen MR) is 47.8 cm³/mol. The number of halogens is 1. The quantitative estimate of drug-likeness (QED) is 0.583. The molecule has 0 spiro atoms. The van der Waals surface area contributed by atoms with Crippen LogP contribution < -0.4 is 5.73 Å². The van der Waals surface area contributed by atoms with Crippen LogP contribution >= 0.6 is 11.6 Å². The van der Waals surface area contributed by atoms with Crippen molar-refractivity contribution in [3.63, 3.8) is 0 Å². The van der Waals surface area contributed by atoms with Gasteiger partial charge in [-0.1, -0.05) is 11.6 Å². The van der Waals surface area contributed by atoms with E-state index in [0.717, 1.165) is 30.4 Å². The highest BCUT2D eigenvalue weighted by molar-refractivity contribution is 6.33. The van der Waals surface area contributed by atoms with Crippen LogP contribution in [0.15, 0.2) is 22.4 Å². The number of nitrogens with one attached hydrogen (secondary N) is 1. The number of nitrogens with two attached hydrogens (primary N) is 1. The third-order valence-corrected chi connectivity index (χ3v) is 2.32. The molecule has 0 heterocycles. The Labute approximate surface area is 71.2 Å². The van der Waals surface area contributed by atoms with Crippen molar-refractivity contribution < 1.29 is 0 Å². The number of hydrogen-bond acceptors (Lipinski definition) is 2. The first-order valence-corrected chi connectivity index (χ1v) is 3.97. The van der Waals surface area contributed by atoms with Gasteiger partial charge in [0.2, 0.25) is 0 Å². The van der Waals surface area contributed by atoms with Crippen molar-refractivity contribution in [1.82, 2.24) is 0 Å². The zero-order chi connectivity index (χ0) is 8.27. The largest absolute Gasteiger partial charge is 0.404 e. The Morgan fingerprint density at radius 1 is 1.45 bits per heavy atom. The van der Waals surface area contributed by atoms with E-state index in [1.54, 1.807) is 0 Å². The van der Waals surface area contributed by atoms with Gasteiger partial charge in [-0.05, 0) is 36.6 Å². The molecule has 3 heteroatoms. The van der Waals surface area contributed by atoms with Gasteiger partial charge in [-0.2, -0.15) is 0 Å². The summed E-state index contributed by atoms with van der Waals surface area (Å²) < 4.78 is 0. The van der Waals surface area contributed by atoms with Crippen LogP contribution in [0.4, 0.5) is 0 Å². The molecular weight excluding hydrogens is 160 g/mol. The SMILES string of the molecule is N=CC1=C(Cl)C(=CN)CCC1. The van der Waals surface area contributed by atoms with Crippen molar-refractivity contribution in [2.75, 3.05) is 0 Å². The topological polar surface area (TPSA) is 49.9 Å². The molecule has 0 atom stereocenters. The molecule has 0 aromatic heterocycles. The monoisotopic (exact) mass is 170 g/mol. The minimum Gasteiger partial charge on any atom is -0.404 e. The van der Waals surface area contributed by atoms with Gasteiger partial charge in [0.05, 0.1) is 0 Å². The zero-order valence-corrected chi connectivity index (χ0v) is 6.99. The fourth-order valence-electron chi connectivity index (χ4n) is 1.19. The highest BCUT2D eigenvalue weighted by Crippen LogP contribution is 2.30. The van der Waals surface area contributed by atoms with Crippen LogP contribution in [0.3, 0.4) is 0 Å². The highest BCUT2D eigenvalue weighted by Gasteiger charge is 2.13. The molecule has 11 heavy (non-hydrogen) atoms. The summed E-state index contributed by atoms with van der Waals surface area (Å²) in [5, 5.41) is 7.73. The Balaban J connectivity index is 2.97. The lowest BCUT2D eigenvalue weighted by Crippen LogP contribution is -2.01. The molecule has 0 bridgehead atoms. The van der Waals surface area contributed by atoms with E-state index in [0.29, 0.717) is 5.03 Å². The first kappa shape index (κ1) is 8.34. The predicted octanol–water partition coefficient (Wildman–Crippen LogP) is 2.16. The van der Waals surface area contributed by atoms with Crippen LogP contribution in [-0.2, 0) is 0 Å². The van der Waals surface area contributed by atoms with E-state index in [4.69, 9.17) is 22.7 Å². The fraction of sp³-hybridized carbons (Fsp3) is 0.375. The van der Waals surface area contributed by atoms with E-state index in [2.05, 4.69) is 0 Å². The molecule has 60 valence electrons. The summed E-state index contributed by atoms with van der Waals surface area (Å²) in [5.74, 6) is 0. The van der Waals surface area contributed by atoms with E-state index in [-0.39, 0.29) is 0 Å². The second-order valence-corrected chi connectivity index (χ2v) is 2.91. The first-order chi connectivity index (χ1) is 5.29. The standard InChI is InChI=1S/C8H11ClN2/c9-8-6(4-10)2-1-3-7(8)5-11/h4-5,10H,1-3,11H2. The zero-order valence-electron chi connectivity index (χ0n) is 6.23. The second kappa shape index (κ2) is 3.58. The van der Waals surface area contributed by atoms with Gasteiger partial charge in [-0.15, -0.1) is 0 Å². The summed E-state index contributed by atoms with van der Waals surface area (Å²) in [5.41, 5.74) is 7.22. The average Bonchev–Trinajstić information content (AvgIpc) is 2.05. The molecule has 0 saturated heterocycles. The van der Waals surface area contributed by atoms with Crippen LogP contribution in [0.25, 0.3) is 0 Å². The van der Waals surface area contributed by atoms with Crippen molar-refractivity contribution in [2.24, 2.45) is 5.73 Å². The minimum absolute atomic E-state index is 0.675. The first-order valence-electron chi connectivity index (χ1n) is 3.60. The number of rotatable bonds is 1. The van der Waals surface area contributed by atoms with Crippen molar-refractivity contribution in [2.45, 2.75) is 19.3 Å². The van der Waals surface area contributed by atoms with Crippen molar-refractivity contribution in [3.05, 3.63) is 22.4 Å². The molecule has 1 rings (SSSR count). The van der Waals surface area contributed by atoms with E-state index in [1.165, 1.54) is 12.4 Å². The lowest BCUT2D eigenvalue weighted by Gasteiger charge is -2.14. The fourth-order valence-corrected chi connectivity index (χ4v) is 1.49. The van der Waals surface area contributed by atoms with E-state index >= 15 is 0 Å². The number of allylic oxidation sites excluding steroid dienone is 3. The highest BCUT2D eigenvalue weighted by atomic mass is 35.5. The Morgan fingerprint density at radius 2 is 2.18 bits per heavy atom. The molecule has 0 unspecified atom stereocenters. The third-order valence-electron chi connectivity index (χ3n) is 1.83. The van der Waals surface area contributed by atoms with E-state index in [1.807, 2.05) is 0 Å². The molecule has 0 saturated carbocycles. The molecule has 0 aliphatic heterocycles. The molecule has 0 fully saturated rings. The Hall–Kier alpha value is -0.760. The second-order valence-electron chi connectivity index (χ2n) is 2.53. The normalized spacial score (nSPS) is 22.5. The molecule has 1 aliphatic carbocycles. The summed E-state index contributed by atoms with van der Waals surface area (Å²) >= 11 is 5.93. The van der Waals surface area contributed by atoms with Crippen molar-refractivity contribution in [3.8, 4) is 0 Å². The van der Waals surface area contributed by atoms with Crippen LogP contribution in [0.2, 0.25) is 0 Å². The van der Waals surface area contributed by atoms with Gasteiger partial charge < -0.3 is 11.1 Å². The lowest BCUT2D eigenvalue weighted by atomic mass is 9.96. The number of hydrogen-bond donors (Lipinski definition) is 2. The van der Waals surface area contributed by atoms with Gasteiger partial charge >= 0.3 is 0 Å². The molecule has 2 nitrogen and oxygen atoms in total. The van der Waals surface area contributed by atoms with E-state index < -0.39 is 0 Å². The van der Waals surface area contributed by atoms with Gasteiger partial charge in [-0.25, -0.2) is 0 Å². The van der Waals surface area contributed by atoms with Crippen LogP contribution in [0.1, 0.15) is 19.3 Å². The van der Waals surface area contributed by atoms with E-state index in [9.17, 15) is 0 Å². The van der Waals surface area contributed by atoms with Gasteiger partial charge in [0.15, 0.2) is 0 Å². The van der Waals surface area contributed by atoms with Crippen molar-refractivity contribution in [1.29, 1.82) is 5.41 Å². The molecule has 0 radical (unpaired) electrons. The van der Waals surface area contributed by atoms with Crippen LogP contribution in [0.5, 0.6) is 0 Å². The molecule has 0 aromatic rings. The maximum Gasteiger partial charge on any atom is 0.0499 e. The van der Waals surface area contributed by atoms with Crippen LogP contribution in [-0.4, -0.2) is 6.21 Å². The molecule has 1 aliphatic rings. The Morgan fingerprint density at radius 3 is 2.73 bits per heavy atom. The summed E-state index contributed by atoms with van der Waals surface area (Å²) in [6.07, 6.45) is 5.73. The summed E-state index contributed by atoms with van der Waals surface area (Å²) in [6, 6.07) is 0. The molecule has 0 aromatic carbocycles. The summed E-state index contributed by atoms with van der Waals surface area (Å²) in [7, 11) is 0. The van der Waals surface area contributed by atoms with Crippen LogP contribution in [0, 0.1) is 5.41 Å². The average molecular weight is 171 g/mol. The maximum absolute atomic E-state index is 7.06. The maximum atomic E-state index is 7.06. The van der Waals surface area contributed by atoms with Gasteiger partial charge in [0.25, 0.3) is 0 Å². The minimum atomic E-state index is 0.675. The smallest absolute Gasteiger partial charge is 0.0499 e. The molecule has 0 amide bonds. The van der Waals surface area contributed by atoms with Gasteiger partial charge in [0.1, 0.15) is 0 Å². The third kappa shape index (κ3) is 1.63. The molecular formula is C8H11ClN2. The Bertz CT molecular complexity index is 228. The summed E-state index contributed by atoms with van der Waals surface area (Å²) in [6.45, 7) is 0. The van der Waals surface area contributed by atoms with Gasteiger partial charge in [0, 0.05) is 11.2 Å². The molecule has 3 N–H and O–H groups in total.